The van der Waals surface area contributed by atoms with E-state index in [-0.39, 0.29) is 17.2 Å². The highest BCUT2D eigenvalue weighted by atomic mass is 16.4. The second-order valence-electron chi connectivity index (χ2n) is 3.39. The van der Waals surface area contributed by atoms with Gasteiger partial charge in [0.2, 0.25) is 0 Å². The van der Waals surface area contributed by atoms with Crippen molar-refractivity contribution in [1.82, 2.24) is 0 Å². The molecule has 0 bridgehead atoms. The van der Waals surface area contributed by atoms with Gasteiger partial charge in [-0.2, -0.15) is 0 Å². The van der Waals surface area contributed by atoms with Gasteiger partial charge >= 0.3 is 5.97 Å². The summed E-state index contributed by atoms with van der Waals surface area (Å²) in [6.45, 7) is 3.61. The van der Waals surface area contributed by atoms with E-state index in [2.05, 4.69) is 0 Å². The van der Waals surface area contributed by atoms with Gasteiger partial charge in [0, 0.05) is 5.56 Å². The van der Waals surface area contributed by atoms with Crippen LogP contribution in [-0.4, -0.2) is 21.3 Å². The summed E-state index contributed by atoms with van der Waals surface area (Å²) in [4.78, 5) is 10.6. The zero-order chi connectivity index (χ0) is 10.9. The smallest absolute Gasteiger partial charge is 0.335 e. The van der Waals surface area contributed by atoms with Gasteiger partial charge in [-0.1, -0.05) is 13.8 Å². The normalized spacial score (nSPS) is 10.5. The molecule has 0 amide bonds. The van der Waals surface area contributed by atoms with E-state index in [1.807, 2.05) is 0 Å². The molecular weight excluding hydrogens is 184 g/mol. The lowest BCUT2D eigenvalue weighted by atomic mass is 9.99. The number of aromatic hydroxyl groups is 2. The van der Waals surface area contributed by atoms with Crippen LogP contribution >= 0.6 is 0 Å². The first-order valence-electron chi connectivity index (χ1n) is 4.22. The average Bonchev–Trinajstić information content (AvgIpc) is 2.08. The largest absolute Gasteiger partial charge is 0.504 e. The third kappa shape index (κ3) is 1.79. The highest BCUT2D eigenvalue weighted by Gasteiger charge is 2.14. The maximum Gasteiger partial charge on any atom is 0.335 e. The van der Waals surface area contributed by atoms with Crippen LogP contribution in [0.3, 0.4) is 0 Å². The standard InChI is InChI=1S/C10H12O4/c1-5(2)7-3-6(10(13)14)4-8(11)9(7)12/h3-5,11-12H,1-2H3,(H,13,14). The van der Waals surface area contributed by atoms with Gasteiger partial charge in [-0.25, -0.2) is 4.79 Å². The summed E-state index contributed by atoms with van der Waals surface area (Å²) < 4.78 is 0. The summed E-state index contributed by atoms with van der Waals surface area (Å²) >= 11 is 0. The molecule has 0 radical (unpaired) electrons. The fourth-order valence-electron chi connectivity index (χ4n) is 1.20. The third-order valence-electron chi connectivity index (χ3n) is 1.99. The molecule has 0 saturated heterocycles. The monoisotopic (exact) mass is 196 g/mol. The molecule has 0 aliphatic rings. The fourth-order valence-corrected chi connectivity index (χ4v) is 1.20. The maximum atomic E-state index is 10.6. The zero-order valence-electron chi connectivity index (χ0n) is 7.98. The van der Waals surface area contributed by atoms with Gasteiger partial charge in [0.15, 0.2) is 11.5 Å². The van der Waals surface area contributed by atoms with E-state index in [0.29, 0.717) is 5.56 Å². The average molecular weight is 196 g/mol. The zero-order valence-corrected chi connectivity index (χ0v) is 7.98. The molecular formula is C10H12O4. The molecule has 0 fully saturated rings. The minimum atomic E-state index is -1.12. The number of benzene rings is 1. The minimum absolute atomic E-state index is 0.0241. The van der Waals surface area contributed by atoms with E-state index >= 15 is 0 Å². The number of hydrogen-bond acceptors (Lipinski definition) is 3. The quantitative estimate of drug-likeness (QED) is 0.631. The van der Waals surface area contributed by atoms with Crippen molar-refractivity contribution < 1.29 is 20.1 Å². The molecule has 76 valence electrons. The third-order valence-corrected chi connectivity index (χ3v) is 1.99. The van der Waals surface area contributed by atoms with Gasteiger partial charge in [-0.05, 0) is 18.1 Å². The predicted octanol–water partition coefficient (Wildman–Crippen LogP) is 1.92. The van der Waals surface area contributed by atoms with E-state index in [1.54, 1.807) is 13.8 Å². The Balaban J connectivity index is 3.35. The number of rotatable bonds is 2. The first-order valence-corrected chi connectivity index (χ1v) is 4.22. The molecule has 0 aromatic heterocycles. The Morgan fingerprint density at radius 3 is 2.29 bits per heavy atom. The van der Waals surface area contributed by atoms with E-state index in [4.69, 9.17) is 5.11 Å². The van der Waals surface area contributed by atoms with Gasteiger partial charge in [0.25, 0.3) is 0 Å². The van der Waals surface area contributed by atoms with Gasteiger partial charge in [0.05, 0.1) is 5.56 Å². The number of aromatic carboxylic acids is 1. The fraction of sp³-hybridized carbons (Fsp3) is 0.300. The topological polar surface area (TPSA) is 77.8 Å². The van der Waals surface area contributed by atoms with Crippen molar-refractivity contribution in [2.75, 3.05) is 0 Å². The number of carbonyl (C=O) groups is 1. The lowest BCUT2D eigenvalue weighted by Gasteiger charge is -2.10. The summed E-state index contributed by atoms with van der Waals surface area (Å²) in [5, 5.41) is 27.4. The molecule has 0 spiro atoms. The van der Waals surface area contributed by atoms with Crippen LogP contribution in [0.1, 0.15) is 35.7 Å². The van der Waals surface area contributed by atoms with Crippen LogP contribution in [0.4, 0.5) is 0 Å². The molecule has 14 heavy (non-hydrogen) atoms. The summed E-state index contributed by atoms with van der Waals surface area (Å²) in [5.41, 5.74) is 0.409. The Labute approximate surface area is 81.4 Å². The lowest BCUT2D eigenvalue weighted by molar-refractivity contribution is 0.0696. The Hall–Kier alpha value is -1.71. The second-order valence-corrected chi connectivity index (χ2v) is 3.39. The predicted molar refractivity (Wildman–Crippen MR) is 50.8 cm³/mol. The van der Waals surface area contributed by atoms with Crippen LogP contribution in [0.25, 0.3) is 0 Å². The number of carboxylic acids is 1. The van der Waals surface area contributed by atoms with Crippen molar-refractivity contribution in [2.45, 2.75) is 19.8 Å². The molecule has 0 atom stereocenters. The minimum Gasteiger partial charge on any atom is -0.504 e. The Bertz CT molecular complexity index is 369. The summed E-state index contributed by atoms with van der Waals surface area (Å²) in [7, 11) is 0. The van der Waals surface area contributed by atoms with E-state index in [9.17, 15) is 15.0 Å². The van der Waals surface area contributed by atoms with Crippen molar-refractivity contribution in [2.24, 2.45) is 0 Å². The molecule has 0 heterocycles. The highest BCUT2D eigenvalue weighted by Crippen LogP contribution is 2.34. The molecule has 1 aromatic carbocycles. The summed E-state index contributed by atoms with van der Waals surface area (Å²) in [6, 6.07) is 2.39. The molecule has 4 nitrogen and oxygen atoms in total. The highest BCUT2D eigenvalue weighted by molar-refractivity contribution is 5.89. The van der Waals surface area contributed by atoms with Crippen LogP contribution < -0.4 is 0 Å². The Morgan fingerprint density at radius 1 is 1.29 bits per heavy atom. The molecule has 0 saturated carbocycles. The van der Waals surface area contributed by atoms with Crippen LogP contribution in [-0.2, 0) is 0 Å². The number of carboxylic acid groups (broad SMARTS) is 1. The molecule has 1 aromatic rings. The van der Waals surface area contributed by atoms with Crippen molar-refractivity contribution in [3.05, 3.63) is 23.3 Å². The van der Waals surface area contributed by atoms with E-state index in [0.717, 1.165) is 6.07 Å². The molecule has 1 rings (SSSR count). The van der Waals surface area contributed by atoms with Crippen LogP contribution in [0.15, 0.2) is 12.1 Å². The summed E-state index contributed by atoms with van der Waals surface area (Å²) in [6.07, 6.45) is 0. The second kappa shape index (κ2) is 3.57. The van der Waals surface area contributed by atoms with E-state index in [1.165, 1.54) is 6.07 Å². The SMILES string of the molecule is CC(C)c1cc(C(=O)O)cc(O)c1O. The number of phenolic OH excluding ortho intramolecular Hbond substituents is 2. The molecule has 0 aliphatic carbocycles. The van der Waals surface area contributed by atoms with Crippen LogP contribution in [0.5, 0.6) is 11.5 Å². The van der Waals surface area contributed by atoms with Gasteiger partial charge in [0.1, 0.15) is 0 Å². The number of phenols is 2. The first kappa shape index (κ1) is 10.4. The van der Waals surface area contributed by atoms with Crippen molar-refractivity contribution in [1.29, 1.82) is 0 Å². The van der Waals surface area contributed by atoms with Gasteiger partial charge in [-0.15, -0.1) is 0 Å². The van der Waals surface area contributed by atoms with Crippen LogP contribution in [0.2, 0.25) is 0 Å². The first-order chi connectivity index (χ1) is 6.43. The van der Waals surface area contributed by atoms with Crippen LogP contribution in [0, 0.1) is 0 Å². The molecule has 0 aliphatic heterocycles. The van der Waals surface area contributed by atoms with Crippen molar-refractivity contribution >= 4 is 5.97 Å². The summed E-state index contributed by atoms with van der Waals surface area (Å²) in [5.74, 6) is -1.80. The van der Waals surface area contributed by atoms with Crippen molar-refractivity contribution in [3.8, 4) is 11.5 Å². The molecule has 0 unspecified atom stereocenters. The van der Waals surface area contributed by atoms with E-state index < -0.39 is 11.7 Å². The van der Waals surface area contributed by atoms with Crippen molar-refractivity contribution in [3.63, 3.8) is 0 Å². The molecule has 4 heteroatoms. The Morgan fingerprint density at radius 2 is 1.86 bits per heavy atom. The molecule has 3 N–H and O–H groups in total. The lowest BCUT2D eigenvalue weighted by Crippen LogP contribution is -1.99. The number of hydrogen-bond donors (Lipinski definition) is 3. The Kier molecular flexibility index (Phi) is 2.65. The maximum absolute atomic E-state index is 10.6. The van der Waals surface area contributed by atoms with Gasteiger partial charge in [-0.3, -0.25) is 0 Å². The van der Waals surface area contributed by atoms with Gasteiger partial charge < -0.3 is 15.3 Å².